The zero-order chi connectivity index (χ0) is 14.4. The minimum atomic E-state index is -0.0446. The number of nitrogens with one attached hydrogen (secondary N) is 1. The van der Waals surface area contributed by atoms with Gasteiger partial charge in [0.2, 0.25) is 0 Å². The maximum atomic E-state index is 7.28. The van der Waals surface area contributed by atoms with E-state index in [0.717, 1.165) is 12.2 Å². The molecule has 2 rings (SSSR count). The molecule has 0 saturated carbocycles. The highest BCUT2D eigenvalue weighted by Crippen LogP contribution is 2.21. The minimum absolute atomic E-state index is 0.0446. The summed E-state index contributed by atoms with van der Waals surface area (Å²) in [6, 6.07) is 11.5. The van der Waals surface area contributed by atoms with Crippen LogP contribution in [-0.2, 0) is 6.42 Å². The van der Waals surface area contributed by atoms with Crippen LogP contribution in [-0.4, -0.2) is 10.8 Å². The van der Waals surface area contributed by atoms with Crippen LogP contribution in [0.15, 0.2) is 42.6 Å². The van der Waals surface area contributed by atoms with E-state index in [1.807, 2.05) is 12.1 Å². The zero-order valence-electron chi connectivity index (χ0n) is 11.6. The fourth-order valence-electron chi connectivity index (χ4n) is 1.84. The molecule has 20 heavy (non-hydrogen) atoms. The van der Waals surface area contributed by atoms with Gasteiger partial charge < -0.3 is 10.5 Å². The Kier molecular flexibility index (Phi) is 4.71. The maximum Gasteiger partial charge on any atom is 0.145 e. The third-order valence-electron chi connectivity index (χ3n) is 2.99. The Labute approximate surface area is 119 Å². The van der Waals surface area contributed by atoms with Crippen molar-refractivity contribution in [3.63, 3.8) is 0 Å². The average Bonchev–Trinajstić information content (AvgIpc) is 2.47. The van der Waals surface area contributed by atoms with Crippen molar-refractivity contribution in [3.05, 3.63) is 53.9 Å². The third-order valence-corrected chi connectivity index (χ3v) is 2.99. The summed E-state index contributed by atoms with van der Waals surface area (Å²) >= 11 is 0. The van der Waals surface area contributed by atoms with Gasteiger partial charge in [0.25, 0.3) is 0 Å². The molecule has 2 aromatic rings. The van der Waals surface area contributed by atoms with E-state index in [1.165, 1.54) is 18.4 Å². The number of aryl methyl sites for hydroxylation is 1. The highest BCUT2D eigenvalue weighted by atomic mass is 16.5. The van der Waals surface area contributed by atoms with Crippen molar-refractivity contribution in [2.45, 2.75) is 26.2 Å². The number of ether oxygens (including phenoxy) is 1. The molecule has 0 saturated heterocycles. The van der Waals surface area contributed by atoms with Gasteiger partial charge in [-0.3, -0.25) is 5.41 Å². The van der Waals surface area contributed by atoms with Crippen molar-refractivity contribution in [1.29, 1.82) is 5.41 Å². The van der Waals surface area contributed by atoms with Crippen LogP contribution in [0.25, 0.3) is 0 Å². The van der Waals surface area contributed by atoms with Crippen LogP contribution < -0.4 is 10.5 Å². The summed E-state index contributed by atoms with van der Waals surface area (Å²) in [4.78, 5) is 4.06. The van der Waals surface area contributed by atoms with E-state index in [0.29, 0.717) is 11.4 Å². The molecule has 0 aliphatic rings. The molecule has 0 spiro atoms. The normalized spacial score (nSPS) is 10.2. The quantitative estimate of drug-likeness (QED) is 0.622. The van der Waals surface area contributed by atoms with E-state index in [-0.39, 0.29) is 5.84 Å². The Bertz CT molecular complexity index is 561. The first kappa shape index (κ1) is 14.1. The van der Waals surface area contributed by atoms with Crippen molar-refractivity contribution < 1.29 is 4.74 Å². The fraction of sp³-hybridized carbons (Fsp3) is 0.250. The fourth-order valence-corrected chi connectivity index (χ4v) is 1.84. The number of pyridine rings is 1. The first-order chi connectivity index (χ1) is 9.69. The lowest BCUT2D eigenvalue weighted by molar-refractivity contribution is 0.480. The molecule has 0 bridgehead atoms. The van der Waals surface area contributed by atoms with Crippen LogP contribution in [0.1, 0.15) is 31.0 Å². The molecule has 1 heterocycles. The molecule has 0 atom stereocenters. The molecule has 0 unspecified atom stereocenters. The number of aromatic nitrogens is 1. The number of hydrogen-bond acceptors (Lipinski definition) is 3. The standard InChI is InChI=1S/C16H19N3O/c1-2-3-4-12-5-7-13(8-6-12)20-14-9-10-15(16(17)18)19-11-14/h5-11H,2-4H2,1H3,(H3,17,18). The molecule has 0 fully saturated rings. The number of hydrogen-bond donors (Lipinski definition) is 2. The Morgan fingerprint density at radius 1 is 1.15 bits per heavy atom. The summed E-state index contributed by atoms with van der Waals surface area (Å²) in [5, 5.41) is 7.28. The van der Waals surface area contributed by atoms with Crippen molar-refractivity contribution in [2.75, 3.05) is 0 Å². The SMILES string of the molecule is CCCCc1ccc(Oc2ccc(C(=N)N)nc2)cc1. The van der Waals surface area contributed by atoms with Crippen molar-refractivity contribution in [2.24, 2.45) is 5.73 Å². The van der Waals surface area contributed by atoms with E-state index >= 15 is 0 Å². The molecule has 104 valence electrons. The van der Waals surface area contributed by atoms with Gasteiger partial charge in [-0.15, -0.1) is 0 Å². The molecule has 0 radical (unpaired) electrons. The molecular formula is C16H19N3O. The second-order valence-corrected chi connectivity index (χ2v) is 4.64. The first-order valence-electron chi connectivity index (χ1n) is 6.76. The van der Waals surface area contributed by atoms with Gasteiger partial charge in [0.1, 0.15) is 23.0 Å². The Morgan fingerprint density at radius 3 is 2.40 bits per heavy atom. The van der Waals surface area contributed by atoms with E-state index in [1.54, 1.807) is 18.3 Å². The molecule has 0 aliphatic heterocycles. The van der Waals surface area contributed by atoms with Crippen LogP contribution in [0.5, 0.6) is 11.5 Å². The van der Waals surface area contributed by atoms with Crippen molar-refractivity contribution in [3.8, 4) is 11.5 Å². The number of rotatable bonds is 6. The molecule has 3 N–H and O–H groups in total. The number of benzene rings is 1. The summed E-state index contributed by atoms with van der Waals surface area (Å²) in [5.74, 6) is 1.37. The smallest absolute Gasteiger partial charge is 0.145 e. The maximum absolute atomic E-state index is 7.28. The average molecular weight is 269 g/mol. The van der Waals surface area contributed by atoms with Gasteiger partial charge in [-0.1, -0.05) is 25.5 Å². The molecule has 1 aromatic heterocycles. The van der Waals surface area contributed by atoms with Crippen LogP contribution in [0, 0.1) is 5.41 Å². The van der Waals surface area contributed by atoms with Crippen LogP contribution >= 0.6 is 0 Å². The summed E-state index contributed by atoms with van der Waals surface area (Å²) < 4.78 is 5.70. The van der Waals surface area contributed by atoms with Gasteiger partial charge in [0.15, 0.2) is 0 Å². The molecule has 1 aromatic carbocycles. The van der Waals surface area contributed by atoms with Crippen LogP contribution in [0.4, 0.5) is 0 Å². The molecule has 4 nitrogen and oxygen atoms in total. The number of unbranched alkanes of at least 4 members (excludes halogenated alkanes) is 1. The monoisotopic (exact) mass is 269 g/mol. The lowest BCUT2D eigenvalue weighted by atomic mass is 10.1. The van der Waals surface area contributed by atoms with Crippen molar-refractivity contribution in [1.82, 2.24) is 4.98 Å². The lowest BCUT2D eigenvalue weighted by Gasteiger charge is -2.07. The van der Waals surface area contributed by atoms with E-state index < -0.39 is 0 Å². The summed E-state index contributed by atoms with van der Waals surface area (Å²) in [7, 11) is 0. The Morgan fingerprint density at radius 2 is 1.85 bits per heavy atom. The number of nitrogens with zero attached hydrogens (tertiary/aromatic N) is 1. The van der Waals surface area contributed by atoms with Crippen molar-refractivity contribution >= 4 is 5.84 Å². The van der Waals surface area contributed by atoms with Gasteiger partial charge in [0.05, 0.1) is 6.20 Å². The number of nitrogens with two attached hydrogens (primary N) is 1. The number of amidine groups is 1. The molecule has 0 amide bonds. The van der Waals surface area contributed by atoms with Gasteiger partial charge in [-0.25, -0.2) is 4.98 Å². The zero-order valence-corrected chi connectivity index (χ0v) is 11.6. The van der Waals surface area contributed by atoms with E-state index in [2.05, 4.69) is 24.0 Å². The number of nitrogen functional groups attached to an aromatic ring is 1. The minimum Gasteiger partial charge on any atom is -0.456 e. The third kappa shape index (κ3) is 3.82. The predicted molar refractivity (Wildman–Crippen MR) is 80.4 cm³/mol. The predicted octanol–water partition coefficient (Wildman–Crippen LogP) is 3.50. The van der Waals surface area contributed by atoms with Gasteiger partial charge >= 0.3 is 0 Å². The second-order valence-electron chi connectivity index (χ2n) is 4.64. The summed E-state index contributed by atoms with van der Waals surface area (Å²) in [6.07, 6.45) is 5.08. The van der Waals surface area contributed by atoms with Gasteiger partial charge in [0, 0.05) is 0 Å². The van der Waals surface area contributed by atoms with Crippen LogP contribution in [0.3, 0.4) is 0 Å². The highest BCUT2D eigenvalue weighted by Gasteiger charge is 2.01. The topological polar surface area (TPSA) is 72.0 Å². The van der Waals surface area contributed by atoms with E-state index in [4.69, 9.17) is 15.9 Å². The Balaban J connectivity index is 2.00. The van der Waals surface area contributed by atoms with E-state index in [9.17, 15) is 0 Å². The molecule has 4 heteroatoms. The molecule has 0 aliphatic carbocycles. The lowest BCUT2D eigenvalue weighted by Crippen LogP contribution is -2.12. The largest absolute Gasteiger partial charge is 0.456 e. The molecular weight excluding hydrogens is 250 g/mol. The highest BCUT2D eigenvalue weighted by molar-refractivity contribution is 5.92. The Hall–Kier alpha value is -2.36. The van der Waals surface area contributed by atoms with Gasteiger partial charge in [-0.2, -0.15) is 0 Å². The summed E-state index contributed by atoms with van der Waals surface area (Å²) in [5.41, 5.74) is 7.13. The van der Waals surface area contributed by atoms with Gasteiger partial charge in [-0.05, 0) is 42.7 Å². The summed E-state index contributed by atoms with van der Waals surface area (Å²) in [6.45, 7) is 2.19. The second kappa shape index (κ2) is 6.70. The van der Waals surface area contributed by atoms with Crippen LogP contribution in [0.2, 0.25) is 0 Å². The first-order valence-corrected chi connectivity index (χ1v) is 6.76.